The first kappa shape index (κ1) is 20.0. The minimum atomic E-state index is -0.495. The number of benzene rings is 2. The molecule has 1 heterocycles. The van der Waals surface area contributed by atoms with Crippen molar-refractivity contribution in [3.63, 3.8) is 0 Å². The summed E-state index contributed by atoms with van der Waals surface area (Å²) >= 11 is 6.15. The van der Waals surface area contributed by atoms with E-state index in [-0.39, 0.29) is 0 Å². The van der Waals surface area contributed by atoms with E-state index in [2.05, 4.69) is 42.7 Å². The van der Waals surface area contributed by atoms with Gasteiger partial charge < -0.3 is 14.7 Å². The molecule has 1 fully saturated rings. The van der Waals surface area contributed by atoms with Crippen LogP contribution in [0.25, 0.3) is 0 Å². The Morgan fingerprint density at radius 2 is 1.67 bits per heavy atom. The zero-order valence-electron chi connectivity index (χ0n) is 16.4. The number of hydrogen-bond acceptors (Lipinski definition) is 4. The molecule has 3 rings (SSSR count). The van der Waals surface area contributed by atoms with E-state index in [9.17, 15) is 5.11 Å². The molecule has 1 N–H and O–H groups in total. The van der Waals surface area contributed by atoms with Crippen molar-refractivity contribution in [1.29, 1.82) is 0 Å². The van der Waals surface area contributed by atoms with Gasteiger partial charge in [0.15, 0.2) is 0 Å². The Balaban J connectivity index is 1.46. The van der Waals surface area contributed by atoms with Gasteiger partial charge in [0.1, 0.15) is 18.5 Å². The Morgan fingerprint density at radius 3 is 2.33 bits per heavy atom. The van der Waals surface area contributed by atoms with Crippen LogP contribution in [-0.4, -0.2) is 55.4 Å². The fourth-order valence-corrected chi connectivity index (χ4v) is 3.82. The van der Waals surface area contributed by atoms with Gasteiger partial charge in [0.25, 0.3) is 0 Å². The van der Waals surface area contributed by atoms with E-state index in [1.807, 2.05) is 24.3 Å². The molecule has 0 aliphatic carbocycles. The molecule has 1 aliphatic heterocycles. The van der Waals surface area contributed by atoms with E-state index in [1.54, 1.807) is 0 Å². The van der Waals surface area contributed by atoms with Gasteiger partial charge in [-0.15, -0.1) is 0 Å². The molecule has 0 aromatic heterocycles. The highest BCUT2D eigenvalue weighted by Gasteiger charge is 2.21. The van der Waals surface area contributed by atoms with Crippen LogP contribution in [0.5, 0.6) is 5.75 Å². The second kappa shape index (κ2) is 8.96. The van der Waals surface area contributed by atoms with Crippen LogP contribution < -0.4 is 9.64 Å². The summed E-state index contributed by atoms with van der Waals surface area (Å²) in [6.07, 6.45) is -0.495. The Labute approximate surface area is 167 Å². The van der Waals surface area contributed by atoms with Gasteiger partial charge in [0.05, 0.1) is 0 Å². The van der Waals surface area contributed by atoms with E-state index in [0.29, 0.717) is 13.2 Å². The van der Waals surface area contributed by atoms with E-state index in [1.165, 1.54) is 22.4 Å². The van der Waals surface area contributed by atoms with Crippen molar-refractivity contribution >= 4 is 17.3 Å². The average Bonchev–Trinajstić information content (AvgIpc) is 2.62. The van der Waals surface area contributed by atoms with Crippen molar-refractivity contribution < 1.29 is 9.84 Å². The largest absolute Gasteiger partial charge is 0.491 e. The standard InChI is InChI=1S/C22H29ClN2O2/c1-16-10-17(2)12-21(11-16)27-15-20(26)14-24-6-8-25(9-7-24)22-13-19(23)5-4-18(22)3/h4-5,10-13,20,26H,6-9,14-15H2,1-3H3/t20-/m0/s1. The normalized spacial score (nSPS) is 16.4. The Bertz CT molecular complexity index is 753. The fourth-order valence-electron chi connectivity index (χ4n) is 3.65. The number of β-amino-alcohol motifs (C(OH)–C–C–N with tert-alkyl or cyclic N) is 1. The molecule has 1 atom stereocenters. The predicted octanol–water partition coefficient (Wildman–Crippen LogP) is 3.83. The molecule has 0 unspecified atom stereocenters. The summed E-state index contributed by atoms with van der Waals surface area (Å²) in [5, 5.41) is 11.1. The predicted molar refractivity (Wildman–Crippen MR) is 112 cm³/mol. The first-order valence-electron chi connectivity index (χ1n) is 9.53. The van der Waals surface area contributed by atoms with Gasteiger partial charge in [-0.25, -0.2) is 0 Å². The second-order valence-electron chi connectivity index (χ2n) is 7.51. The number of rotatable bonds is 6. The summed E-state index contributed by atoms with van der Waals surface area (Å²) in [4.78, 5) is 4.67. The molecule has 1 aliphatic rings. The lowest BCUT2D eigenvalue weighted by Crippen LogP contribution is -2.49. The van der Waals surface area contributed by atoms with Crippen LogP contribution in [0.15, 0.2) is 36.4 Å². The van der Waals surface area contributed by atoms with Crippen LogP contribution >= 0.6 is 11.6 Å². The van der Waals surface area contributed by atoms with Gasteiger partial charge in [-0.1, -0.05) is 23.7 Å². The van der Waals surface area contributed by atoms with Crippen LogP contribution in [0, 0.1) is 20.8 Å². The topological polar surface area (TPSA) is 35.9 Å². The summed E-state index contributed by atoms with van der Waals surface area (Å²) in [5.74, 6) is 0.827. The summed E-state index contributed by atoms with van der Waals surface area (Å²) in [6.45, 7) is 10.9. The van der Waals surface area contributed by atoms with Crippen molar-refractivity contribution in [3.8, 4) is 5.75 Å². The molecule has 0 spiro atoms. The molecule has 4 nitrogen and oxygen atoms in total. The monoisotopic (exact) mass is 388 g/mol. The second-order valence-corrected chi connectivity index (χ2v) is 7.94. The highest BCUT2D eigenvalue weighted by Crippen LogP contribution is 2.25. The highest BCUT2D eigenvalue weighted by molar-refractivity contribution is 6.30. The molecule has 0 radical (unpaired) electrons. The Kier molecular flexibility index (Phi) is 6.64. The van der Waals surface area contributed by atoms with Gasteiger partial charge in [-0.3, -0.25) is 4.90 Å². The molecule has 0 saturated carbocycles. The van der Waals surface area contributed by atoms with Crippen LogP contribution in [-0.2, 0) is 0 Å². The molecule has 0 amide bonds. The van der Waals surface area contributed by atoms with E-state index < -0.39 is 6.10 Å². The van der Waals surface area contributed by atoms with Crippen molar-refractivity contribution in [2.75, 3.05) is 44.2 Å². The number of hydrogen-bond donors (Lipinski definition) is 1. The Morgan fingerprint density at radius 1 is 1.00 bits per heavy atom. The lowest BCUT2D eigenvalue weighted by atomic mass is 10.1. The number of piperazine rings is 1. The lowest BCUT2D eigenvalue weighted by Gasteiger charge is -2.37. The molecule has 2 aromatic rings. The van der Waals surface area contributed by atoms with Gasteiger partial charge in [-0.2, -0.15) is 0 Å². The van der Waals surface area contributed by atoms with Crippen molar-refractivity contribution in [2.45, 2.75) is 26.9 Å². The summed E-state index contributed by atoms with van der Waals surface area (Å²) in [7, 11) is 0. The third kappa shape index (κ3) is 5.61. The minimum absolute atomic E-state index is 0.316. The molecular formula is C22H29ClN2O2. The maximum atomic E-state index is 10.4. The molecule has 0 bridgehead atoms. The number of ether oxygens (including phenoxy) is 1. The molecule has 5 heteroatoms. The summed E-state index contributed by atoms with van der Waals surface area (Å²) < 4.78 is 5.79. The van der Waals surface area contributed by atoms with Gasteiger partial charge in [0.2, 0.25) is 0 Å². The van der Waals surface area contributed by atoms with Gasteiger partial charge in [0, 0.05) is 43.4 Å². The van der Waals surface area contributed by atoms with Crippen LogP contribution in [0.4, 0.5) is 5.69 Å². The molecule has 146 valence electrons. The number of halogens is 1. The minimum Gasteiger partial charge on any atom is -0.491 e. The van der Waals surface area contributed by atoms with Gasteiger partial charge in [-0.05, 0) is 61.7 Å². The van der Waals surface area contributed by atoms with Crippen molar-refractivity contribution in [2.24, 2.45) is 0 Å². The number of aryl methyl sites for hydroxylation is 3. The highest BCUT2D eigenvalue weighted by atomic mass is 35.5. The average molecular weight is 389 g/mol. The maximum Gasteiger partial charge on any atom is 0.119 e. The van der Waals surface area contributed by atoms with Crippen molar-refractivity contribution in [1.82, 2.24) is 4.90 Å². The van der Waals surface area contributed by atoms with Crippen LogP contribution in [0.3, 0.4) is 0 Å². The first-order chi connectivity index (χ1) is 12.9. The fraction of sp³-hybridized carbons (Fsp3) is 0.455. The van der Waals surface area contributed by atoms with Crippen LogP contribution in [0.2, 0.25) is 5.02 Å². The third-order valence-corrected chi connectivity index (χ3v) is 5.23. The molecule has 2 aromatic carbocycles. The number of aliphatic hydroxyl groups excluding tert-OH is 1. The van der Waals surface area contributed by atoms with E-state index >= 15 is 0 Å². The quantitative estimate of drug-likeness (QED) is 0.815. The van der Waals surface area contributed by atoms with Gasteiger partial charge >= 0.3 is 0 Å². The molecular weight excluding hydrogens is 360 g/mol. The first-order valence-corrected chi connectivity index (χ1v) is 9.91. The SMILES string of the molecule is Cc1cc(C)cc(OC[C@@H](O)CN2CCN(c3cc(Cl)ccc3C)CC2)c1. The third-order valence-electron chi connectivity index (χ3n) is 4.99. The number of aliphatic hydroxyl groups is 1. The lowest BCUT2D eigenvalue weighted by molar-refractivity contribution is 0.0662. The summed E-state index contributed by atoms with van der Waals surface area (Å²) in [6, 6.07) is 12.2. The van der Waals surface area contributed by atoms with Crippen molar-refractivity contribution in [3.05, 3.63) is 58.1 Å². The number of nitrogens with zero attached hydrogens (tertiary/aromatic N) is 2. The zero-order chi connectivity index (χ0) is 19.4. The smallest absolute Gasteiger partial charge is 0.119 e. The van der Waals surface area contributed by atoms with E-state index in [0.717, 1.165) is 37.0 Å². The van der Waals surface area contributed by atoms with Crippen LogP contribution in [0.1, 0.15) is 16.7 Å². The molecule has 1 saturated heterocycles. The number of anilines is 1. The zero-order valence-corrected chi connectivity index (χ0v) is 17.2. The Hall–Kier alpha value is -1.75. The van der Waals surface area contributed by atoms with E-state index in [4.69, 9.17) is 16.3 Å². The summed E-state index contributed by atoms with van der Waals surface area (Å²) in [5.41, 5.74) is 4.80. The maximum absolute atomic E-state index is 10.4. The molecule has 27 heavy (non-hydrogen) atoms.